The summed E-state index contributed by atoms with van der Waals surface area (Å²) >= 11 is 2.82. The van der Waals surface area contributed by atoms with Gasteiger partial charge in [0, 0.05) is 23.5 Å². The summed E-state index contributed by atoms with van der Waals surface area (Å²) in [5, 5.41) is 3.36. The van der Waals surface area contributed by atoms with E-state index in [1.807, 2.05) is 0 Å². The summed E-state index contributed by atoms with van der Waals surface area (Å²) < 4.78 is 57.0. The second-order valence-corrected chi connectivity index (χ2v) is 6.24. The van der Waals surface area contributed by atoms with E-state index in [1.165, 1.54) is 6.33 Å². The summed E-state index contributed by atoms with van der Waals surface area (Å²) in [5.74, 6) is -1.81. The molecule has 1 N–H and O–H groups in total. The molecule has 0 fully saturated rings. The lowest BCUT2D eigenvalue weighted by atomic mass is 10.3. The molecule has 6 nitrogen and oxygen atoms in total. The number of sulfonamides is 1. The van der Waals surface area contributed by atoms with Crippen LogP contribution in [-0.2, 0) is 16.4 Å². The van der Waals surface area contributed by atoms with Crippen LogP contribution in [0, 0.1) is 11.6 Å². The minimum absolute atomic E-state index is 0.0617. The Balaban J connectivity index is 2.14. The maximum Gasteiger partial charge on any atom is 0.244 e. The van der Waals surface area contributed by atoms with Gasteiger partial charge in [0.25, 0.3) is 0 Å². The largest absolute Gasteiger partial charge is 0.340 e. The van der Waals surface area contributed by atoms with Crippen LogP contribution in [0.15, 0.2) is 32.4 Å². The number of nitrogens with zero attached hydrogens (tertiary/aromatic N) is 2. The van der Waals surface area contributed by atoms with Gasteiger partial charge in [0.05, 0.1) is 0 Å². The second kappa shape index (κ2) is 5.94. The van der Waals surface area contributed by atoms with E-state index in [2.05, 4.69) is 35.3 Å². The summed E-state index contributed by atoms with van der Waals surface area (Å²) in [5.41, 5.74) is 0. The first-order valence-corrected chi connectivity index (χ1v) is 7.57. The zero-order valence-electron chi connectivity index (χ0n) is 9.81. The van der Waals surface area contributed by atoms with Crippen molar-refractivity contribution in [1.29, 1.82) is 0 Å². The van der Waals surface area contributed by atoms with Gasteiger partial charge in [0.15, 0.2) is 6.33 Å². The van der Waals surface area contributed by atoms with Crippen molar-refractivity contribution in [2.45, 2.75) is 11.3 Å². The normalized spacial score (nSPS) is 11.8. The van der Waals surface area contributed by atoms with Crippen molar-refractivity contribution in [2.75, 3.05) is 6.54 Å². The van der Waals surface area contributed by atoms with Gasteiger partial charge < -0.3 is 4.52 Å². The zero-order valence-corrected chi connectivity index (χ0v) is 12.2. The van der Waals surface area contributed by atoms with Crippen molar-refractivity contribution in [3.8, 4) is 0 Å². The molecule has 0 atom stereocenters. The van der Waals surface area contributed by atoms with Crippen LogP contribution in [0.1, 0.15) is 5.89 Å². The smallest absolute Gasteiger partial charge is 0.244 e. The van der Waals surface area contributed by atoms with Gasteiger partial charge in [-0.05, 0) is 22.0 Å². The Morgan fingerprint density at radius 1 is 1.35 bits per heavy atom. The first-order chi connectivity index (χ1) is 9.40. The molecule has 0 aliphatic carbocycles. The lowest BCUT2D eigenvalue weighted by Gasteiger charge is -2.08. The Bertz CT molecular complexity index is 684. The zero-order chi connectivity index (χ0) is 14.8. The quantitative estimate of drug-likeness (QED) is 0.867. The molecule has 1 heterocycles. The standard InChI is InChI=1S/C10H8BrF2N3O3S/c11-7-3-6(12)4-8(13)10(7)20(17,18)16-2-1-9-14-5-15-19-9/h3-5,16H,1-2H2. The number of nitrogens with one attached hydrogen (secondary N) is 1. The predicted octanol–water partition coefficient (Wildman–Crippen LogP) is 1.63. The molecule has 2 rings (SSSR count). The third-order valence-corrected chi connectivity index (χ3v) is 4.69. The van der Waals surface area contributed by atoms with E-state index in [9.17, 15) is 17.2 Å². The monoisotopic (exact) mass is 367 g/mol. The number of rotatable bonds is 5. The fourth-order valence-corrected chi connectivity index (χ4v) is 3.65. The summed E-state index contributed by atoms with van der Waals surface area (Å²) in [7, 11) is -4.12. The van der Waals surface area contributed by atoms with Gasteiger partial charge >= 0.3 is 0 Å². The molecule has 0 saturated heterocycles. The highest BCUT2D eigenvalue weighted by Crippen LogP contribution is 2.25. The molecule has 0 amide bonds. The van der Waals surface area contributed by atoms with E-state index in [0.29, 0.717) is 6.07 Å². The van der Waals surface area contributed by atoms with Crippen LogP contribution >= 0.6 is 15.9 Å². The summed E-state index contributed by atoms with van der Waals surface area (Å²) in [4.78, 5) is 3.06. The van der Waals surface area contributed by atoms with Crippen molar-refractivity contribution in [1.82, 2.24) is 14.9 Å². The van der Waals surface area contributed by atoms with Crippen molar-refractivity contribution in [2.24, 2.45) is 0 Å². The lowest BCUT2D eigenvalue weighted by molar-refractivity contribution is 0.377. The van der Waals surface area contributed by atoms with Gasteiger partial charge in [-0.1, -0.05) is 5.16 Å². The highest BCUT2D eigenvalue weighted by molar-refractivity contribution is 9.10. The first-order valence-electron chi connectivity index (χ1n) is 5.30. The predicted molar refractivity (Wildman–Crippen MR) is 67.2 cm³/mol. The van der Waals surface area contributed by atoms with E-state index < -0.39 is 26.6 Å². The van der Waals surface area contributed by atoms with Crippen LogP contribution in [-0.4, -0.2) is 25.1 Å². The highest BCUT2D eigenvalue weighted by atomic mass is 79.9. The molecule has 108 valence electrons. The van der Waals surface area contributed by atoms with Gasteiger partial charge in [-0.3, -0.25) is 0 Å². The molecule has 2 aromatic rings. The van der Waals surface area contributed by atoms with Crippen LogP contribution in [0.2, 0.25) is 0 Å². The van der Waals surface area contributed by atoms with E-state index >= 15 is 0 Å². The van der Waals surface area contributed by atoms with Crippen molar-refractivity contribution < 1.29 is 21.7 Å². The van der Waals surface area contributed by atoms with E-state index in [1.54, 1.807) is 0 Å². The van der Waals surface area contributed by atoms with Gasteiger partial charge in [-0.15, -0.1) is 0 Å². The van der Waals surface area contributed by atoms with Crippen LogP contribution in [0.4, 0.5) is 8.78 Å². The number of hydrogen-bond donors (Lipinski definition) is 1. The van der Waals surface area contributed by atoms with Crippen LogP contribution in [0.3, 0.4) is 0 Å². The maximum atomic E-state index is 13.6. The third kappa shape index (κ3) is 3.38. The molecular weight excluding hydrogens is 360 g/mol. The number of hydrogen-bond acceptors (Lipinski definition) is 5. The van der Waals surface area contributed by atoms with E-state index in [-0.39, 0.29) is 23.3 Å². The topological polar surface area (TPSA) is 85.1 Å². The minimum atomic E-state index is -4.12. The number of aromatic nitrogens is 2. The second-order valence-electron chi connectivity index (χ2n) is 3.68. The molecule has 20 heavy (non-hydrogen) atoms. The molecule has 0 aliphatic heterocycles. The Hall–Kier alpha value is -1.39. The molecule has 0 saturated carbocycles. The molecule has 0 aliphatic rings. The SMILES string of the molecule is O=S(=O)(NCCc1ncno1)c1c(F)cc(F)cc1Br. The lowest BCUT2D eigenvalue weighted by Crippen LogP contribution is -2.27. The fraction of sp³-hybridized carbons (Fsp3) is 0.200. The molecule has 0 unspecified atom stereocenters. The first kappa shape index (κ1) is 15.0. The highest BCUT2D eigenvalue weighted by Gasteiger charge is 2.23. The molecular formula is C10H8BrF2N3O3S. The van der Waals surface area contributed by atoms with Gasteiger partial charge in [0.2, 0.25) is 15.9 Å². The summed E-state index contributed by atoms with van der Waals surface area (Å²) in [6.45, 7) is -0.0617. The Morgan fingerprint density at radius 3 is 2.70 bits per heavy atom. The maximum absolute atomic E-state index is 13.6. The van der Waals surface area contributed by atoms with Crippen molar-refractivity contribution >= 4 is 26.0 Å². The molecule has 0 radical (unpaired) electrons. The average Bonchev–Trinajstić information content (AvgIpc) is 2.79. The summed E-state index contributed by atoms with van der Waals surface area (Å²) in [6.07, 6.45) is 1.33. The Morgan fingerprint density at radius 2 is 2.10 bits per heavy atom. The van der Waals surface area contributed by atoms with E-state index in [0.717, 1.165) is 6.07 Å². The number of halogens is 3. The summed E-state index contributed by atoms with van der Waals surface area (Å²) in [6, 6.07) is 1.37. The molecule has 1 aromatic heterocycles. The van der Waals surface area contributed by atoms with Crippen LogP contribution in [0.5, 0.6) is 0 Å². The number of benzene rings is 1. The molecule has 0 bridgehead atoms. The van der Waals surface area contributed by atoms with Crippen molar-refractivity contribution in [3.05, 3.63) is 40.5 Å². The van der Waals surface area contributed by atoms with Crippen LogP contribution < -0.4 is 4.72 Å². The van der Waals surface area contributed by atoms with Crippen LogP contribution in [0.25, 0.3) is 0 Å². The van der Waals surface area contributed by atoms with Gasteiger partial charge in [-0.25, -0.2) is 21.9 Å². The average molecular weight is 368 g/mol. The van der Waals surface area contributed by atoms with Gasteiger partial charge in [-0.2, -0.15) is 4.98 Å². The van der Waals surface area contributed by atoms with Gasteiger partial charge in [0.1, 0.15) is 16.5 Å². The molecule has 0 spiro atoms. The minimum Gasteiger partial charge on any atom is -0.340 e. The van der Waals surface area contributed by atoms with Crippen molar-refractivity contribution in [3.63, 3.8) is 0 Å². The Labute approximate surface area is 121 Å². The molecule has 10 heteroatoms. The molecule has 1 aromatic carbocycles. The fourth-order valence-electron chi connectivity index (χ4n) is 1.46. The Kier molecular flexibility index (Phi) is 4.45. The van der Waals surface area contributed by atoms with E-state index in [4.69, 9.17) is 0 Å². The third-order valence-electron chi connectivity index (χ3n) is 2.27.